The van der Waals surface area contributed by atoms with Gasteiger partial charge in [0.25, 0.3) is 0 Å². The molecule has 0 aromatic heterocycles. The van der Waals surface area contributed by atoms with E-state index in [9.17, 15) is 22.7 Å². The predicted molar refractivity (Wildman–Crippen MR) is 218 cm³/mol. The Balaban J connectivity index is 0.000000675. The molecule has 0 radical (unpaired) electrons. The van der Waals surface area contributed by atoms with E-state index in [-0.39, 0.29) is 6.10 Å². The zero-order valence-corrected chi connectivity index (χ0v) is 37.7. The van der Waals surface area contributed by atoms with Crippen LogP contribution in [0.25, 0.3) is 43.1 Å². The van der Waals surface area contributed by atoms with Gasteiger partial charge in [-0.1, -0.05) is 0 Å². The summed E-state index contributed by atoms with van der Waals surface area (Å²) in [5, 5.41) is -17.6. The molecule has 31 heteroatoms. The topological polar surface area (TPSA) is 24.7 Å². The number of hydrogen-bond donors (Lipinski definition) is 2. The van der Waals surface area contributed by atoms with Crippen LogP contribution in [0.15, 0.2) is 0 Å². The summed E-state index contributed by atoms with van der Waals surface area (Å²) < 4.78 is 446. The molecule has 10 rings (SSSR count). The van der Waals surface area contributed by atoms with E-state index in [2.05, 4.69) is 7.05 Å². The van der Waals surface area contributed by atoms with Crippen molar-refractivity contribution in [3.05, 3.63) is 163 Å². The molecule has 2 N–H and O–H groups in total. The second-order valence-electron chi connectivity index (χ2n) is 18.2. The van der Waals surface area contributed by atoms with Gasteiger partial charge in [0.05, 0.1) is 46.8 Å². The Hall–Kier alpha value is -7.18. The van der Waals surface area contributed by atoms with Crippen molar-refractivity contribution >= 4 is 71.1 Å². The highest BCUT2D eigenvalue weighted by Gasteiger charge is 2.52. The number of halogens is 28. The summed E-state index contributed by atoms with van der Waals surface area (Å²) in [5.41, 5.74) is -15.5. The number of benzene rings is 8. The van der Waals surface area contributed by atoms with Gasteiger partial charge < -0.3 is 10.0 Å². The molecule has 2 fully saturated rings. The van der Waals surface area contributed by atoms with Crippen LogP contribution >= 0.6 is 0 Å². The largest absolute Gasteiger partial charge is 0.393 e. The van der Waals surface area contributed by atoms with Gasteiger partial charge in [0.2, 0.25) is 0 Å². The minimum absolute atomic E-state index is 0.0150. The lowest BCUT2D eigenvalue weighted by atomic mass is 9.11. The fourth-order valence-corrected chi connectivity index (χ4v) is 11.1. The number of rotatable bonds is 4. The predicted octanol–water partition coefficient (Wildman–Crippen LogP) is 10.8. The standard InChI is InChI=1S/C40BF28.C8H15NO/c42-13-1-5(21(50)37(66)33(13)62)17(46)29(58)25(54)9(1)41(10-2-6(18(47)30(59)26(10)55)22(51)38(67)34(63)14(2)43,11-3-7(19(48)31(60)27(11)56)23(52)39(68)35(64)15(3)44)12-4-8(20(49)32(61)28(12)57)24(53)40(69)36(65)16(4)45;1-9-6-2-3-7(9)5-8(10)4-6/h;6-8,10H,2-5H2,1H3/q-1;/p+1. The Morgan fingerprint density at radius 2 is 0.405 bits per heavy atom. The molecule has 418 valence electrons. The quantitative estimate of drug-likeness (QED) is 0.0781. The van der Waals surface area contributed by atoms with Gasteiger partial charge in [-0.2, -0.15) is 0 Å². The van der Waals surface area contributed by atoms with Crippen LogP contribution in [0.2, 0.25) is 0 Å². The molecule has 0 aliphatic carbocycles. The Labute approximate surface area is 417 Å². The molecule has 8 aromatic rings. The number of piperidine rings is 1. The van der Waals surface area contributed by atoms with Gasteiger partial charge in [0.15, 0.2) is 140 Å². The van der Waals surface area contributed by atoms with Crippen molar-refractivity contribution in [1.29, 1.82) is 0 Å². The SMILES string of the molecule is C[NH+]1C2CCC1CC(O)C2.Fc1c(F)c(F)c2c([B-](c3c(F)c(F)c(F)c4c(F)c(F)c(F)c(F)c34)(c3c(F)c(F)c(F)c4c(F)c(F)c(F)c(F)c34)c3c(F)c(F)c(F)c4c(F)c(F)c(F)c(F)c34)c(F)c(F)c(F)c2c1F. The summed E-state index contributed by atoms with van der Waals surface area (Å²) in [5.74, 6) is -104. The van der Waals surface area contributed by atoms with Crippen LogP contribution in [0.3, 0.4) is 0 Å². The molecule has 2 saturated heterocycles. The summed E-state index contributed by atoms with van der Waals surface area (Å²) in [7, 11) is 2.27. The third-order valence-electron chi connectivity index (χ3n) is 14.5. The minimum Gasteiger partial charge on any atom is -0.393 e. The van der Waals surface area contributed by atoms with E-state index >= 15 is 105 Å². The lowest BCUT2D eigenvalue weighted by molar-refractivity contribution is -0.923. The van der Waals surface area contributed by atoms with Crippen LogP contribution in [0.5, 0.6) is 0 Å². The minimum atomic E-state index is -8.05. The van der Waals surface area contributed by atoms with Gasteiger partial charge in [0, 0.05) is 25.7 Å². The molecular formula is C48H16BF28NO. The van der Waals surface area contributed by atoms with Crippen LogP contribution in [0.1, 0.15) is 25.7 Å². The van der Waals surface area contributed by atoms with E-state index in [4.69, 9.17) is 0 Å². The van der Waals surface area contributed by atoms with Gasteiger partial charge in [-0.25, -0.2) is 123 Å². The Bertz CT molecular complexity index is 3560. The van der Waals surface area contributed by atoms with Crippen LogP contribution < -0.4 is 26.8 Å². The normalized spacial score (nSPS) is 17.5. The summed E-state index contributed by atoms with van der Waals surface area (Å²) in [6, 6.07) is 1.54. The molecule has 2 nitrogen and oxygen atoms in total. The maximum absolute atomic E-state index is 17.3. The van der Waals surface area contributed by atoms with Gasteiger partial charge in [-0.15, -0.1) is 21.9 Å². The summed E-state index contributed by atoms with van der Waals surface area (Å²) in [6.45, 7) is 0. The second-order valence-corrected chi connectivity index (χ2v) is 18.2. The number of fused-ring (bicyclic) bond motifs is 6. The second kappa shape index (κ2) is 19.0. The molecule has 2 bridgehead atoms. The summed E-state index contributed by atoms with van der Waals surface area (Å²) in [6.07, 6.45) is -3.26. The summed E-state index contributed by atoms with van der Waals surface area (Å²) in [4.78, 5) is 1.67. The van der Waals surface area contributed by atoms with Crippen molar-refractivity contribution < 1.29 is 133 Å². The van der Waals surface area contributed by atoms with E-state index < -0.39 is 234 Å². The highest BCUT2D eigenvalue weighted by atomic mass is 19.2. The molecular weight excluding hydrogens is 1150 g/mol. The third kappa shape index (κ3) is 7.34. The molecule has 79 heavy (non-hydrogen) atoms. The Kier molecular flexibility index (Phi) is 13.6. The fraction of sp³-hybridized carbons (Fsp3) is 0.167. The van der Waals surface area contributed by atoms with E-state index in [1.807, 2.05) is 0 Å². The van der Waals surface area contributed by atoms with Gasteiger partial charge in [-0.3, -0.25) is 0 Å². The lowest BCUT2D eigenvalue weighted by Crippen LogP contribution is -3.15. The molecule has 2 aliphatic heterocycles. The van der Waals surface area contributed by atoms with E-state index in [0.29, 0.717) is 0 Å². The molecule has 2 unspecified atom stereocenters. The van der Waals surface area contributed by atoms with Gasteiger partial charge in [-0.05, 0) is 21.5 Å². The fourth-order valence-electron chi connectivity index (χ4n) is 11.1. The number of nitrogens with one attached hydrogen (secondary N) is 1. The van der Waals surface area contributed by atoms with Crippen molar-refractivity contribution in [2.45, 2.75) is 43.9 Å². The van der Waals surface area contributed by atoms with Crippen LogP contribution in [-0.2, 0) is 0 Å². The van der Waals surface area contributed by atoms with Crippen LogP contribution in [0.4, 0.5) is 123 Å². The average Bonchev–Trinajstić information content (AvgIpc) is 3.64. The lowest BCUT2D eigenvalue weighted by Gasteiger charge is -2.47. The van der Waals surface area contributed by atoms with Crippen molar-refractivity contribution in [1.82, 2.24) is 0 Å². The number of aliphatic hydroxyl groups is 1. The van der Waals surface area contributed by atoms with Crippen molar-refractivity contribution in [3.63, 3.8) is 0 Å². The van der Waals surface area contributed by atoms with Gasteiger partial charge in [0.1, 0.15) is 29.4 Å². The van der Waals surface area contributed by atoms with E-state index in [1.165, 1.54) is 12.8 Å². The summed E-state index contributed by atoms with van der Waals surface area (Å²) >= 11 is 0. The van der Waals surface area contributed by atoms with Crippen molar-refractivity contribution in [3.8, 4) is 0 Å². The van der Waals surface area contributed by atoms with Crippen molar-refractivity contribution in [2.24, 2.45) is 0 Å². The van der Waals surface area contributed by atoms with E-state index in [0.717, 1.165) is 24.9 Å². The first-order chi connectivity index (χ1) is 36.8. The smallest absolute Gasteiger partial charge is 0.198 e. The van der Waals surface area contributed by atoms with E-state index in [1.54, 1.807) is 4.90 Å². The number of hydrogen-bond acceptors (Lipinski definition) is 1. The molecule has 2 atom stereocenters. The molecule has 2 heterocycles. The average molecular weight is 1170 g/mol. The first-order valence-corrected chi connectivity index (χ1v) is 21.7. The Morgan fingerprint density at radius 3 is 0.582 bits per heavy atom. The maximum atomic E-state index is 17.3. The molecule has 0 spiro atoms. The number of quaternary nitrogens is 1. The zero-order chi connectivity index (χ0) is 58.7. The molecule has 0 amide bonds. The first kappa shape index (κ1) is 56.5. The molecule has 8 aromatic carbocycles. The number of aliphatic hydroxyl groups excluding tert-OH is 1. The molecule has 0 saturated carbocycles. The highest BCUT2D eigenvalue weighted by molar-refractivity contribution is 7.23. The van der Waals surface area contributed by atoms with Crippen LogP contribution in [0, 0.1) is 163 Å². The third-order valence-corrected chi connectivity index (χ3v) is 14.5. The van der Waals surface area contributed by atoms with Crippen molar-refractivity contribution in [2.75, 3.05) is 7.05 Å². The maximum Gasteiger partial charge on any atom is 0.198 e. The van der Waals surface area contributed by atoms with Gasteiger partial charge >= 0.3 is 0 Å². The Morgan fingerprint density at radius 1 is 0.253 bits per heavy atom. The monoisotopic (exact) mass is 1170 g/mol. The highest BCUT2D eigenvalue weighted by Crippen LogP contribution is 2.42. The first-order valence-electron chi connectivity index (χ1n) is 21.7. The zero-order valence-electron chi connectivity index (χ0n) is 37.7. The van der Waals surface area contributed by atoms with Crippen LogP contribution in [-0.4, -0.2) is 36.5 Å². The molecule has 2 aliphatic rings.